The third-order valence-corrected chi connectivity index (χ3v) is 7.47. The quantitative estimate of drug-likeness (QED) is 0.539. The SMILES string of the molecule is [O]CC(Br)(Br)C(Br)(Br)Br. The van der Waals surface area contributed by atoms with Gasteiger partial charge in [0.2, 0.25) is 0 Å². The standard InChI is InChI=1S/C3H2Br5O/c4-2(5,1-9)3(6,7)8/h1H2. The van der Waals surface area contributed by atoms with Crippen LogP contribution in [0.4, 0.5) is 0 Å². The Hall–Kier alpha value is 2.36. The maximum atomic E-state index is 10.4. The molecule has 1 radical (unpaired) electrons. The Morgan fingerprint density at radius 2 is 1.33 bits per heavy atom. The molecule has 0 fully saturated rings. The third-order valence-electron chi connectivity index (χ3n) is 0.596. The molecule has 0 heterocycles. The highest BCUT2D eigenvalue weighted by Crippen LogP contribution is 2.52. The molecule has 0 aromatic rings. The fourth-order valence-electron chi connectivity index (χ4n) is 0.0818. The van der Waals surface area contributed by atoms with E-state index in [0.29, 0.717) is 0 Å². The molecule has 0 spiro atoms. The van der Waals surface area contributed by atoms with Gasteiger partial charge in [0.15, 0.2) is 2.14 Å². The van der Waals surface area contributed by atoms with E-state index in [0.717, 1.165) is 0 Å². The van der Waals surface area contributed by atoms with Crippen molar-refractivity contribution in [2.75, 3.05) is 6.61 Å². The highest BCUT2D eigenvalue weighted by molar-refractivity contribution is 9.41. The molecular weight excluding hydrogens is 452 g/mol. The molecular formula is C3H2Br5O. The van der Waals surface area contributed by atoms with E-state index < -0.39 is 5.38 Å². The summed E-state index contributed by atoms with van der Waals surface area (Å²) in [6.45, 7) is -0.297. The van der Waals surface area contributed by atoms with E-state index in [4.69, 9.17) is 0 Å². The van der Waals surface area contributed by atoms with Crippen molar-refractivity contribution in [3.8, 4) is 0 Å². The summed E-state index contributed by atoms with van der Waals surface area (Å²) in [5, 5.41) is 10.4. The van der Waals surface area contributed by atoms with Crippen molar-refractivity contribution in [1.82, 2.24) is 0 Å². The van der Waals surface area contributed by atoms with Crippen LogP contribution in [0.5, 0.6) is 0 Å². The molecule has 0 aromatic heterocycles. The molecule has 0 aliphatic rings. The lowest BCUT2D eigenvalue weighted by molar-refractivity contribution is 0.192. The van der Waals surface area contributed by atoms with Crippen LogP contribution in [0.25, 0.3) is 0 Å². The zero-order valence-corrected chi connectivity index (χ0v) is 11.9. The predicted molar refractivity (Wildman–Crippen MR) is 55.7 cm³/mol. The Bertz CT molecular complexity index is 94.9. The zero-order chi connectivity index (χ0) is 7.71. The number of rotatable bonds is 1. The molecule has 9 heavy (non-hydrogen) atoms. The van der Waals surface area contributed by atoms with Gasteiger partial charge in [-0.15, -0.1) is 0 Å². The van der Waals surface area contributed by atoms with Crippen LogP contribution in [-0.2, 0) is 5.11 Å². The highest BCUT2D eigenvalue weighted by Gasteiger charge is 2.42. The van der Waals surface area contributed by atoms with Crippen molar-refractivity contribution in [3.63, 3.8) is 0 Å². The summed E-state index contributed by atoms with van der Waals surface area (Å²) in [7, 11) is 0. The van der Waals surface area contributed by atoms with Crippen molar-refractivity contribution in [3.05, 3.63) is 0 Å². The Morgan fingerprint density at radius 1 is 1.00 bits per heavy atom. The summed E-state index contributed by atoms with van der Waals surface area (Å²) < 4.78 is -1.30. The van der Waals surface area contributed by atoms with Gasteiger partial charge in [0, 0.05) is 0 Å². The van der Waals surface area contributed by atoms with Gasteiger partial charge in [-0.25, -0.2) is 5.11 Å². The molecule has 0 aliphatic carbocycles. The zero-order valence-electron chi connectivity index (χ0n) is 4.01. The maximum Gasteiger partial charge on any atom is 0.162 e. The molecule has 0 aliphatic heterocycles. The van der Waals surface area contributed by atoms with Crippen LogP contribution in [0.2, 0.25) is 0 Å². The van der Waals surface area contributed by atoms with Crippen LogP contribution in [0.15, 0.2) is 0 Å². The highest BCUT2D eigenvalue weighted by atomic mass is 80.0. The normalized spacial score (nSPS) is 14.0. The van der Waals surface area contributed by atoms with Gasteiger partial charge in [0.1, 0.15) is 9.84 Å². The van der Waals surface area contributed by atoms with Gasteiger partial charge in [0.25, 0.3) is 0 Å². The third kappa shape index (κ3) is 3.51. The second-order valence-electron chi connectivity index (χ2n) is 1.35. The molecule has 0 unspecified atom stereocenters. The monoisotopic (exact) mass is 449 g/mol. The summed E-state index contributed by atoms with van der Waals surface area (Å²) in [4.78, 5) is 0. The summed E-state index contributed by atoms with van der Waals surface area (Å²) in [6.07, 6.45) is 0. The minimum atomic E-state index is -0.701. The maximum absolute atomic E-state index is 10.4. The fraction of sp³-hybridized carbons (Fsp3) is 1.00. The smallest absolute Gasteiger partial charge is 0.162 e. The average Bonchev–Trinajstić information content (AvgIpc) is 1.64. The molecule has 0 saturated heterocycles. The van der Waals surface area contributed by atoms with Gasteiger partial charge < -0.3 is 0 Å². The van der Waals surface area contributed by atoms with E-state index in [2.05, 4.69) is 79.6 Å². The van der Waals surface area contributed by atoms with Crippen molar-refractivity contribution in [1.29, 1.82) is 0 Å². The van der Waals surface area contributed by atoms with Crippen LogP contribution >= 0.6 is 79.6 Å². The average molecular weight is 454 g/mol. The van der Waals surface area contributed by atoms with Gasteiger partial charge >= 0.3 is 0 Å². The number of alkyl halides is 5. The van der Waals surface area contributed by atoms with Gasteiger partial charge in [-0.2, -0.15) is 0 Å². The van der Waals surface area contributed by atoms with Crippen LogP contribution in [0.3, 0.4) is 0 Å². The number of halogens is 5. The van der Waals surface area contributed by atoms with Gasteiger partial charge in [-0.05, 0) is 0 Å². The number of hydrogen-bond donors (Lipinski definition) is 0. The lowest BCUT2D eigenvalue weighted by Crippen LogP contribution is -2.31. The largest absolute Gasteiger partial charge is 0.234 e. The Labute approximate surface area is 95.6 Å². The van der Waals surface area contributed by atoms with Gasteiger partial charge in [-0.3, -0.25) is 0 Å². The molecule has 0 aromatic carbocycles. The number of hydrogen-bond acceptors (Lipinski definition) is 0. The van der Waals surface area contributed by atoms with E-state index in [1.807, 2.05) is 0 Å². The Kier molecular flexibility index (Phi) is 4.86. The lowest BCUT2D eigenvalue weighted by atomic mass is 10.5. The summed E-state index contributed by atoms with van der Waals surface area (Å²) in [5.41, 5.74) is 0. The predicted octanol–water partition coefficient (Wildman–Crippen LogP) is 3.74. The lowest BCUT2D eigenvalue weighted by Gasteiger charge is -2.25. The molecule has 0 bridgehead atoms. The molecule has 6 heteroatoms. The molecule has 55 valence electrons. The topological polar surface area (TPSA) is 19.9 Å². The summed E-state index contributed by atoms with van der Waals surface area (Å²) in [5.74, 6) is 0. The Balaban J connectivity index is 4.14. The molecule has 0 N–H and O–H groups in total. The molecule has 0 atom stereocenters. The van der Waals surface area contributed by atoms with Crippen molar-refractivity contribution < 1.29 is 5.11 Å². The summed E-state index contributed by atoms with van der Waals surface area (Å²) in [6, 6.07) is 0. The minimum Gasteiger partial charge on any atom is -0.234 e. The van der Waals surface area contributed by atoms with E-state index in [1.165, 1.54) is 0 Å². The van der Waals surface area contributed by atoms with Gasteiger partial charge in [0.05, 0.1) is 0 Å². The van der Waals surface area contributed by atoms with Crippen LogP contribution in [0.1, 0.15) is 0 Å². The van der Waals surface area contributed by atoms with E-state index in [1.54, 1.807) is 0 Å². The minimum absolute atomic E-state index is 0.297. The van der Waals surface area contributed by atoms with Crippen LogP contribution in [0, 0.1) is 0 Å². The molecule has 0 rings (SSSR count). The Morgan fingerprint density at radius 3 is 1.33 bits per heavy atom. The van der Waals surface area contributed by atoms with Gasteiger partial charge in [-0.1, -0.05) is 79.6 Å². The van der Waals surface area contributed by atoms with Crippen molar-refractivity contribution in [2.45, 2.75) is 5.38 Å². The second-order valence-corrected chi connectivity index (χ2v) is 11.9. The van der Waals surface area contributed by atoms with Crippen molar-refractivity contribution in [2.24, 2.45) is 0 Å². The fourth-order valence-corrected chi connectivity index (χ4v) is 0.425. The van der Waals surface area contributed by atoms with E-state index in [9.17, 15) is 5.11 Å². The molecule has 0 saturated carbocycles. The first-order chi connectivity index (χ1) is 3.81. The van der Waals surface area contributed by atoms with E-state index >= 15 is 0 Å². The summed E-state index contributed by atoms with van der Waals surface area (Å²) >= 11 is 15.9. The second kappa shape index (κ2) is 3.85. The van der Waals surface area contributed by atoms with Crippen molar-refractivity contribution >= 4 is 79.6 Å². The first-order valence-corrected chi connectivity index (χ1v) is 5.80. The van der Waals surface area contributed by atoms with Crippen LogP contribution in [-0.4, -0.2) is 12.0 Å². The van der Waals surface area contributed by atoms with Crippen LogP contribution < -0.4 is 0 Å². The first kappa shape index (κ1) is 11.4. The first-order valence-electron chi connectivity index (χ1n) is 1.84. The molecule has 1 nitrogen and oxygen atoms in total. The molecule has 0 amide bonds. The van der Waals surface area contributed by atoms with E-state index in [-0.39, 0.29) is 6.61 Å².